The molecular formula is C24H24Cl2FN3O3. The number of hydrogen-bond donors (Lipinski definition) is 0. The van der Waals surface area contributed by atoms with Gasteiger partial charge >= 0.3 is 0 Å². The highest BCUT2D eigenvalue weighted by atomic mass is 35.5. The highest BCUT2D eigenvalue weighted by Gasteiger charge is 2.33. The summed E-state index contributed by atoms with van der Waals surface area (Å²) in [6, 6.07) is 10.5. The molecule has 6 nitrogen and oxygen atoms in total. The maximum atomic E-state index is 13.1. The molecule has 2 saturated heterocycles. The van der Waals surface area contributed by atoms with Gasteiger partial charge in [0, 0.05) is 50.7 Å². The molecule has 2 aromatic rings. The summed E-state index contributed by atoms with van der Waals surface area (Å²) in [5, 5.41) is 0.574. The number of carbonyl (C=O) groups is 3. The SMILES string of the molecule is O=C(c1ccc(F)cc1)N1CCC(C(=O)N2CCN(C(=O)c3cccc(Cl)c3Cl)CC2)CC1. The number of rotatable bonds is 3. The number of nitrogens with zero attached hydrogens (tertiary/aromatic N) is 3. The maximum Gasteiger partial charge on any atom is 0.255 e. The second-order valence-electron chi connectivity index (χ2n) is 8.29. The average molecular weight is 492 g/mol. The summed E-state index contributed by atoms with van der Waals surface area (Å²) >= 11 is 12.2. The van der Waals surface area contributed by atoms with Crippen LogP contribution >= 0.6 is 23.2 Å². The molecule has 0 unspecified atom stereocenters. The molecule has 0 atom stereocenters. The third-order valence-electron chi connectivity index (χ3n) is 6.28. The zero-order valence-electron chi connectivity index (χ0n) is 18.0. The lowest BCUT2D eigenvalue weighted by molar-refractivity contribution is -0.138. The molecule has 2 fully saturated rings. The molecule has 9 heteroatoms. The van der Waals surface area contributed by atoms with Gasteiger partial charge in [-0.15, -0.1) is 0 Å². The van der Waals surface area contributed by atoms with Crippen LogP contribution in [-0.2, 0) is 4.79 Å². The van der Waals surface area contributed by atoms with Crippen LogP contribution in [0.5, 0.6) is 0 Å². The number of hydrogen-bond acceptors (Lipinski definition) is 3. The van der Waals surface area contributed by atoms with Gasteiger partial charge in [0.25, 0.3) is 11.8 Å². The van der Waals surface area contributed by atoms with E-state index in [1.54, 1.807) is 32.9 Å². The van der Waals surface area contributed by atoms with Crippen LogP contribution in [0.4, 0.5) is 4.39 Å². The molecule has 4 rings (SSSR count). The van der Waals surface area contributed by atoms with Gasteiger partial charge < -0.3 is 14.7 Å². The van der Waals surface area contributed by atoms with E-state index >= 15 is 0 Å². The minimum absolute atomic E-state index is 0.0665. The van der Waals surface area contributed by atoms with Gasteiger partial charge in [-0.2, -0.15) is 0 Å². The first-order valence-electron chi connectivity index (χ1n) is 10.9. The van der Waals surface area contributed by atoms with Crippen LogP contribution in [0.3, 0.4) is 0 Å². The Kier molecular flexibility index (Phi) is 7.20. The second-order valence-corrected chi connectivity index (χ2v) is 9.08. The van der Waals surface area contributed by atoms with Crippen molar-refractivity contribution in [1.29, 1.82) is 0 Å². The van der Waals surface area contributed by atoms with Gasteiger partial charge in [-0.1, -0.05) is 29.3 Å². The van der Waals surface area contributed by atoms with Crippen molar-refractivity contribution < 1.29 is 18.8 Å². The summed E-state index contributed by atoms with van der Waals surface area (Å²) in [4.78, 5) is 43.6. The number of halogens is 3. The Bertz CT molecular complexity index is 1050. The summed E-state index contributed by atoms with van der Waals surface area (Å²) in [6.07, 6.45) is 1.17. The average Bonchev–Trinajstić information content (AvgIpc) is 2.85. The molecule has 3 amide bonds. The standard InChI is InChI=1S/C24H24Cl2FN3O3/c25-20-3-1-2-19(21(20)26)24(33)30-14-12-29(13-15-30)23(32)17-8-10-28(11-9-17)22(31)16-4-6-18(27)7-5-16/h1-7,17H,8-15H2. The van der Waals surface area contributed by atoms with Crippen LogP contribution in [-0.4, -0.2) is 71.7 Å². The summed E-state index contributed by atoms with van der Waals surface area (Å²) in [5.74, 6) is -0.799. The van der Waals surface area contributed by atoms with Crippen molar-refractivity contribution in [3.05, 3.63) is 69.5 Å². The largest absolute Gasteiger partial charge is 0.339 e. The molecule has 0 spiro atoms. The van der Waals surface area contributed by atoms with Crippen molar-refractivity contribution >= 4 is 40.9 Å². The topological polar surface area (TPSA) is 60.9 Å². The van der Waals surface area contributed by atoms with Gasteiger partial charge in [0.1, 0.15) is 5.82 Å². The Hall–Kier alpha value is -2.64. The van der Waals surface area contributed by atoms with E-state index in [0.29, 0.717) is 68.3 Å². The molecule has 0 saturated carbocycles. The predicted molar refractivity (Wildman–Crippen MR) is 124 cm³/mol. The van der Waals surface area contributed by atoms with Crippen LogP contribution in [0.25, 0.3) is 0 Å². The number of benzene rings is 2. The Morgan fingerprint density at radius 1 is 0.758 bits per heavy atom. The van der Waals surface area contributed by atoms with E-state index < -0.39 is 0 Å². The zero-order valence-corrected chi connectivity index (χ0v) is 19.5. The molecule has 2 aliphatic rings. The molecule has 0 bridgehead atoms. The van der Waals surface area contributed by atoms with E-state index in [4.69, 9.17) is 23.2 Å². The van der Waals surface area contributed by atoms with Gasteiger partial charge in [-0.05, 0) is 49.2 Å². The molecule has 2 aromatic carbocycles. The molecule has 33 heavy (non-hydrogen) atoms. The van der Waals surface area contributed by atoms with Gasteiger partial charge in [0.2, 0.25) is 5.91 Å². The molecule has 0 radical (unpaired) electrons. The number of carbonyl (C=O) groups excluding carboxylic acids is 3. The second kappa shape index (κ2) is 10.1. The molecule has 174 valence electrons. The smallest absolute Gasteiger partial charge is 0.255 e. The summed E-state index contributed by atoms with van der Waals surface area (Å²) < 4.78 is 13.1. The fourth-order valence-corrected chi connectivity index (χ4v) is 4.71. The number of piperazine rings is 1. The highest BCUT2D eigenvalue weighted by molar-refractivity contribution is 6.43. The quantitative estimate of drug-likeness (QED) is 0.652. The van der Waals surface area contributed by atoms with Crippen molar-refractivity contribution in [3.63, 3.8) is 0 Å². The lowest BCUT2D eigenvalue weighted by atomic mass is 9.94. The molecule has 0 N–H and O–H groups in total. The van der Waals surface area contributed by atoms with E-state index in [2.05, 4.69) is 0 Å². The Labute approximate surface area is 201 Å². The van der Waals surface area contributed by atoms with Gasteiger partial charge in [-0.25, -0.2) is 4.39 Å². The van der Waals surface area contributed by atoms with Crippen molar-refractivity contribution in [2.45, 2.75) is 12.8 Å². The highest BCUT2D eigenvalue weighted by Crippen LogP contribution is 2.27. The van der Waals surface area contributed by atoms with E-state index in [-0.39, 0.29) is 34.5 Å². The third-order valence-corrected chi connectivity index (χ3v) is 7.10. The van der Waals surface area contributed by atoms with Crippen molar-refractivity contribution in [3.8, 4) is 0 Å². The minimum atomic E-state index is -0.381. The summed E-state index contributed by atoms with van der Waals surface area (Å²) in [6.45, 7) is 2.73. The maximum absolute atomic E-state index is 13.1. The van der Waals surface area contributed by atoms with E-state index in [0.717, 1.165) is 0 Å². The van der Waals surface area contributed by atoms with Gasteiger partial charge in [0.05, 0.1) is 15.6 Å². The number of piperidine rings is 1. The molecule has 2 heterocycles. The monoisotopic (exact) mass is 491 g/mol. The lowest BCUT2D eigenvalue weighted by Crippen LogP contribution is -2.53. The Morgan fingerprint density at radius 3 is 1.97 bits per heavy atom. The van der Waals surface area contributed by atoms with Crippen LogP contribution in [0.15, 0.2) is 42.5 Å². The third kappa shape index (κ3) is 5.14. The molecule has 2 aliphatic heterocycles. The first-order chi connectivity index (χ1) is 15.8. The predicted octanol–water partition coefficient (Wildman–Crippen LogP) is 3.97. The van der Waals surface area contributed by atoms with Crippen molar-refractivity contribution in [2.24, 2.45) is 5.92 Å². The van der Waals surface area contributed by atoms with Crippen molar-refractivity contribution in [2.75, 3.05) is 39.3 Å². The van der Waals surface area contributed by atoms with Gasteiger partial charge in [-0.3, -0.25) is 14.4 Å². The number of amides is 3. The molecule has 0 aromatic heterocycles. The Morgan fingerprint density at radius 2 is 1.33 bits per heavy atom. The first kappa shape index (κ1) is 23.5. The number of likely N-dealkylation sites (tertiary alicyclic amines) is 1. The van der Waals surface area contributed by atoms with E-state index in [9.17, 15) is 18.8 Å². The van der Waals surface area contributed by atoms with Crippen LogP contribution in [0.2, 0.25) is 10.0 Å². The van der Waals surface area contributed by atoms with Crippen molar-refractivity contribution in [1.82, 2.24) is 14.7 Å². The summed E-state index contributed by atoms with van der Waals surface area (Å²) in [5.41, 5.74) is 0.809. The molecule has 0 aliphatic carbocycles. The van der Waals surface area contributed by atoms with E-state index in [1.807, 2.05) is 0 Å². The van der Waals surface area contributed by atoms with Crippen LogP contribution < -0.4 is 0 Å². The summed E-state index contributed by atoms with van der Waals surface area (Å²) in [7, 11) is 0. The fourth-order valence-electron chi connectivity index (χ4n) is 4.33. The van der Waals surface area contributed by atoms with Crippen LogP contribution in [0.1, 0.15) is 33.6 Å². The fraction of sp³-hybridized carbons (Fsp3) is 0.375. The van der Waals surface area contributed by atoms with E-state index in [1.165, 1.54) is 24.3 Å². The van der Waals surface area contributed by atoms with Crippen LogP contribution in [0, 0.1) is 11.7 Å². The Balaban J connectivity index is 1.28. The van der Waals surface area contributed by atoms with Gasteiger partial charge in [0.15, 0.2) is 0 Å². The minimum Gasteiger partial charge on any atom is -0.339 e. The molecular weight excluding hydrogens is 468 g/mol. The first-order valence-corrected chi connectivity index (χ1v) is 11.7. The normalized spacial score (nSPS) is 17.2. The lowest BCUT2D eigenvalue weighted by Gasteiger charge is -2.38. The zero-order chi connectivity index (χ0) is 23.5.